The first-order chi connectivity index (χ1) is 18.1. The third kappa shape index (κ3) is 4.70. The van der Waals surface area contributed by atoms with Crippen molar-refractivity contribution in [3.63, 3.8) is 0 Å². The minimum atomic E-state index is -1.35. The number of nitrogens with zero attached hydrogens (tertiary/aromatic N) is 5. The number of nitrogen functional groups attached to an aromatic ring is 1. The lowest BCUT2D eigenvalue weighted by atomic mass is 10.0. The number of nitrogens with one attached hydrogen (secondary N) is 1. The molecule has 5 N–H and O–H groups in total. The molecule has 5 rings (SSSR count). The van der Waals surface area contributed by atoms with Gasteiger partial charge in [0.05, 0.1) is 0 Å². The van der Waals surface area contributed by atoms with Gasteiger partial charge in [-0.1, -0.05) is 16.5 Å². The molecule has 3 aromatic heterocycles. The summed E-state index contributed by atoms with van der Waals surface area (Å²) in [6, 6.07) is -1.03. The zero-order valence-electron chi connectivity index (χ0n) is 19.5. The summed E-state index contributed by atoms with van der Waals surface area (Å²) in [5.74, 6) is -3.63. The minimum absolute atomic E-state index is 0.0421. The maximum Gasteiger partial charge on any atom is 0.352 e. The number of anilines is 1. The SMILES string of the molecule is C[C@H](O/N=C(\C(=O)N[C@@H]1C(=O)N2C(C(=O)O)=C(C[n+]3cc4sccn4c3)CS[C@H]12)c1csc(N)n1)C(=O)O. The normalized spacial score (nSPS) is 20.2. The minimum Gasteiger partial charge on any atom is -0.478 e. The lowest BCUT2D eigenvalue weighted by Crippen LogP contribution is -2.71. The van der Waals surface area contributed by atoms with Gasteiger partial charge in [-0.05, 0) is 6.92 Å². The highest BCUT2D eigenvalue weighted by Crippen LogP contribution is 2.40. The van der Waals surface area contributed by atoms with Crippen molar-refractivity contribution in [2.75, 3.05) is 11.5 Å². The zero-order chi connectivity index (χ0) is 27.1. The fraction of sp³-hybridized carbons (Fsp3) is 0.286. The third-order valence-corrected chi connectivity index (χ3v) is 8.58. The Morgan fingerprint density at radius 3 is 2.82 bits per heavy atom. The van der Waals surface area contributed by atoms with Gasteiger partial charge in [0, 0.05) is 22.1 Å². The van der Waals surface area contributed by atoms with Crippen molar-refractivity contribution < 1.29 is 38.8 Å². The monoisotopic (exact) mass is 578 g/mol. The van der Waals surface area contributed by atoms with Gasteiger partial charge in [0.25, 0.3) is 11.8 Å². The van der Waals surface area contributed by atoms with Crippen LogP contribution in [0.25, 0.3) is 4.83 Å². The van der Waals surface area contributed by atoms with E-state index in [0.29, 0.717) is 11.3 Å². The van der Waals surface area contributed by atoms with Crippen molar-refractivity contribution in [1.29, 1.82) is 0 Å². The number of imidazole rings is 1. The molecule has 0 radical (unpaired) electrons. The van der Waals surface area contributed by atoms with Crippen molar-refractivity contribution in [2.45, 2.75) is 31.0 Å². The van der Waals surface area contributed by atoms with Crippen LogP contribution < -0.4 is 15.6 Å². The van der Waals surface area contributed by atoms with Crippen LogP contribution in [0, 0.1) is 0 Å². The van der Waals surface area contributed by atoms with E-state index < -0.39 is 41.3 Å². The quantitative estimate of drug-likeness (QED) is 0.116. The molecule has 0 saturated carbocycles. The van der Waals surface area contributed by atoms with Crippen molar-refractivity contribution in [3.8, 4) is 0 Å². The van der Waals surface area contributed by atoms with Crippen molar-refractivity contribution in [3.05, 3.63) is 46.4 Å². The predicted octanol–water partition coefficient (Wildman–Crippen LogP) is -0.0404. The predicted molar refractivity (Wildman–Crippen MR) is 136 cm³/mol. The number of thiazole rings is 2. The summed E-state index contributed by atoms with van der Waals surface area (Å²) >= 11 is 3.91. The lowest BCUT2D eigenvalue weighted by molar-refractivity contribution is -0.687. The second kappa shape index (κ2) is 10.1. The summed E-state index contributed by atoms with van der Waals surface area (Å²) in [4.78, 5) is 60.5. The van der Waals surface area contributed by atoms with E-state index in [1.54, 1.807) is 11.3 Å². The maximum atomic E-state index is 13.1. The molecule has 2 aliphatic rings. The molecule has 38 heavy (non-hydrogen) atoms. The number of carboxylic acids is 2. The van der Waals surface area contributed by atoms with Crippen LogP contribution in [0.2, 0.25) is 0 Å². The molecule has 0 bridgehead atoms. The van der Waals surface area contributed by atoms with Crippen LogP contribution in [0.15, 0.2) is 45.9 Å². The highest BCUT2D eigenvalue weighted by Gasteiger charge is 2.54. The summed E-state index contributed by atoms with van der Waals surface area (Å²) in [6.45, 7) is 1.52. The molecule has 17 heteroatoms. The van der Waals surface area contributed by atoms with Gasteiger partial charge in [0.2, 0.25) is 17.3 Å². The summed E-state index contributed by atoms with van der Waals surface area (Å²) in [5.41, 5.74) is 5.79. The number of amides is 2. The van der Waals surface area contributed by atoms with Gasteiger partial charge < -0.3 is 26.1 Å². The highest BCUT2D eigenvalue weighted by atomic mass is 32.2. The Hall–Kier alpha value is -3.96. The maximum absolute atomic E-state index is 13.1. The molecule has 0 spiro atoms. The summed E-state index contributed by atoms with van der Waals surface area (Å²) in [5, 5.41) is 28.1. The lowest BCUT2D eigenvalue weighted by Gasteiger charge is -2.49. The van der Waals surface area contributed by atoms with Gasteiger partial charge in [-0.3, -0.25) is 14.5 Å². The Kier molecular flexibility index (Phi) is 6.80. The summed E-state index contributed by atoms with van der Waals surface area (Å²) < 4.78 is 3.77. The van der Waals surface area contributed by atoms with Crippen LogP contribution >= 0.6 is 34.4 Å². The molecule has 198 valence electrons. The molecule has 0 unspecified atom stereocenters. The number of carbonyl (C=O) groups excluding carboxylic acids is 2. The van der Waals surface area contributed by atoms with E-state index in [9.17, 15) is 24.3 Å². The molecule has 1 saturated heterocycles. The van der Waals surface area contributed by atoms with Gasteiger partial charge in [0.15, 0.2) is 10.8 Å². The average Bonchev–Trinajstić information content (AvgIpc) is 3.58. The summed E-state index contributed by atoms with van der Waals surface area (Å²) in [7, 11) is 0. The zero-order valence-corrected chi connectivity index (χ0v) is 22.0. The van der Waals surface area contributed by atoms with Crippen molar-refractivity contribution >= 4 is 73.9 Å². The summed E-state index contributed by atoms with van der Waals surface area (Å²) in [6.07, 6.45) is 4.29. The van der Waals surface area contributed by atoms with Gasteiger partial charge in [-0.25, -0.2) is 19.1 Å². The number of carbonyl (C=O) groups is 4. The number of thioether (sulfide) groups is 1. The van der Waals surface area contributed by atoms with Gasteiger partial charge >= 0.3 is 11.9 Å². The topological polar surface area (TPSA) is 193 Å². The van der Waals surface area contributed by atoms with Crippen LogP contribution in [0.3, 0.4) is 0 Å². The number of carboxylic acid groups (broad SMARTS) is 2. The fourth-order valence-electron chi connectivity index (χ4n) is 3.93. The molecule has 2 aliphatic heterocycles. The highest BCUT2D eigenvalue weighted by molar-refractivity contribution is 8.00. The van der Waals surface area contributed by atoms with E-state index in [1.165, 1.54) is 29.0 Å². The van der Waals surface area contributed by atoms with Crippen molar-refractivity contribution in [2.24, 2.45) is 5.16 Å². The number of β-lactam (4-membered cyclic amide) rings is 1. The number of oxime groups is 1. The van der Waals surface area contributed by atoms with Crippen molar-refractivity contribution in [1.82, 2.24) is 19.6 Å². The number of hydrogen-bond acceptors (Lipinski definition) is 11. The Morgan fingerprint density at radius 1 is 1.37 bits per heavy atom. The molecule has 3 aromatic rings. The number of rotatable bonds is 9. The molecule has 0 aromatic carbocycles. The van der Waals surface area contributed by atoms with E-state index >= 15 is 0 Å². The van der Waals surface area contributed by atoms with Gasteiger partial charge in [-0.2, -0.15) is 4.40 Å². The Bertz CT molecular complexity index is 1500. The number of hydrogen-bond donors (Lipinski definition) is 4. The van der Waals surface area contributed by atoms with E-state index in [2.05, 4.69) is 15.5 Å². The van der Waals surface area contributed by atoms with E-state index in [-0.39, 0.29) is 28.8 Å². The first kappa shape index (κ1) is 25.7. The number of fused-ring (bicyclic) bond motifs is 2. The Labute approximate surface area is 226 Å². The van der Waals surface area contributed by atoms with Crippen LogP contribution in [0.5, 0.6) is 0 Å². The molecule has 0 aliphatic carbocycles. The van der Waals surface area contributed by atoms with Crippen LogP contribution in [0.1, 0.15) is 12.6 Å². The average molecular weight is 579 g/mol. The number of nitrogens with two attached hydrogens (primary N) is 1. The van der Waals surface area contributed by atoms with E-state index in [1.807, 2.05) is 33.1 Å². The standard InChI is InChI=1S/C21H19N7O7S3/c1-9(19(31)32)35-25-13(11-7-38-21(22)23-11)16(29)24-14-17(30)28-15(20(33)34)10(6-37-18(14)28)4-26-5-12-27(8-26)2-3-36-12/h2-3,5,7-9,14,18H,4,6H2,1H3,(H4-,22,23,24,29,31,32,33,34)/p+1/b25-13-/t9-,14+,18+/m0/s1. The molecular weight excluding hydrogens is 558 g/mol. The Morgan fingerprint density at radius 2 is 2.16 bits per heavy atom. The van der Waals surface area contributed by atoms with Crippen LogP contribution in [-0.4, -0.2) is 77.2 Å². The molecule has 3 atom stereocenters. The van der Waals surface area contributed by atoms with E-state index in [0.717, 1.165) is 16.2 Å². The van der Waals surface area contributed by atoms with Crippen LogP contribution in [0.4, 0.5) is 5.13 Å². The molecule has 14 nitrogen and oxygen atoms in total. The number of aliphatic carboxylic acids is 2. The molecule has 5 heterocycles. The first-order valence-corrected chi connectivity index (χ1v) is 13.8. The number of aromatic nitrogens is 3. The molecule has 1 fully saturated rings. The fourth-order valence-corrected chi connectivity index (χ4v) is 6.57. The van der Waals surface area contributed by atoms with Gasteiger partial charge in [-0.15, -0.1) is 23.1 Å². The molecule has 2 amide bonds. The third-order valence-electron chi connectivity index (χ3n) is 5.75. The molecular formula is C21H20N7O7S3+. The Balaban J connectivity index is 1.35. The van der Waals surface area contributed by atoms with Gasteiger partial charge in [0.1, 0.15) is 41.7 Å². The van der Waals surface area contributed by atoms with Crippen LogP contribution in [-0.2, 0) is 30.6 Å². The van der Waals surface area contributed by atoms with E-state index in [4.69, 9.17) is 15.7 Å². The second-order valence-electron chi connectivity index (χ2n) is 8.28. The largest absolute Gasteiger partial charge is 0.478 e. The second-order valence-corrected chi connectivity index (χ2v) is 11.2. The smallest absolute Gasteiger partial charge is 0.352 e. The first-order valence-electron chi connectivity index (χ1n) is 11.0.